The van der Waals surface area contributed by atoms with Crippen LogP contribution in [0.15, 0.2) is 72.4 Å². The van der Waals surface area contributed by atoms with Gasteiger partial charge in [-0.3, -0.25) is 4.31 Å². The minimum absolute atomic E-state index is 0.347. The first kappa shape index (κ1) is 16.7. The molecule has 0 bridgehead atoms. The number of nitrogens with one attached hydrogen (secondary N) is 3. The number of H-pyrrole nitrogens is 1. The van der Waals surface area contributed by atoms with Crippen LogP contribution in [0.4, 0.5) is 20.4 Å². The molecule has 5 rings (SSSR count). The third-order valence-corrected chi connectivity index (χ3v) is 4.91. The zero-order valence-corrected chi connectivity index (χ0v) is 15.1. The second-order valence-corrected chi connectivity index (χ2v) is 6.90. The highest BCUT2D eigenvalue weighted by Crippen LogP contribution is 2.29. The smallest absolute Gasteiger partial charge is 0.205 e. The van der Waals surface area contributed by atoms with Crippen LogP contribution in [0.25, 0.3) is 11.0 Å². The number of halogens is 2. The summed E-state index contributed by atoms with van der Waals surface area (Å²) in [5.41, 5.74) is 2.53. The number of aromatic amines is 1. The maximum absolute atomic E-state index is 13.3. The Morgan fingerprint density at radius 1 is 1.11 bits per heavy atom. The summed E-state index contributed by atoms with van der Waals surface area (Å²) in [5.74, 6) is -0.0355. The second-order valence-electron chi connectivity index (χ2n) is 6.09. The predicted octanol–water partition coefficient (Wildman–Crippen LogP) is 4.68. The minimum Gasteiger partial charge on any atom is -0.457 e. The Kier molecular flexibility index (Phi) is 3.94. The van der Waals surface area contributed by atoms with Crippen molar-refractivity contribution in [3.8, 4) is 5.75 Å². The third kappa shape index (κ3) is 3.16. The number of nitrogens with zero attached hydrogens (tertiary/aromatic N) is 2. The molecule has 1 aromatic heterocycles. The van der Waals surface area contributed by atoms with Gasteiger partial charge in [0.25, 0.3) is 0 Å². The first-order valence-electron chi connectivity index (χ1n) is 8.35. The van der Waals surface area contributed by atoms with E-state index in [1.807, 2.05) is 53.1 Å². The van der Waals surface area contributed by atoms with Crippen molar-refractivity contribution in [3.05, 3.63) is 84.0 Å². The average Bonchev–Trinajstić information content (AvgIpc) is 3.29. The molecule has 0 fully saturated rings. The standard InChI is InChI=1S/C19H13F2N5OS/c20-15-8-17-18(9-16(15)21)25-19(24-17)23-11-1-3-13(4-2-11)27-14-5-6-26-12(7-14)10-22-28-26/h1-10,22H,(H2,23,24,25). The molecule has 3 heterocycles. The molecule has 6 nitrogen and oxygen atoms in total. The largest absolute Gasteiger partial charge is 0.457 e. The maximum atomic E-state index is 13.3. The number of anilines is 2. The van der Waals surface area contributed by atoms with Gasteiger partial charge in [0.05, 0.1) is 28.9 Å². The van der Waals surface area contributed by atoms with E-state index in [0.29, 0.717) is 22.7 Å². The van der Waals surface area contributed by atoms with Crippen molar-refractivity contribution in [2.24, 2.45) is 0 Å². The molecular weight excluding hydrogens is 384 g/mol. The first-order chi connectivity index (χ1) is 13.6. The number of benzene rings is 2. The van der Waals surface area contributed by atoms with E-state index in [2.05, 4.69) is 20.0 Å². The van der Waals surface area contributed by atoms with Crippen molar-refractivity contribution in [2.75, 3.05) is 5.32 Å². The van der Waals surface area contributed by atoms with E-state index in [9.17, 15) is 8.78 Å². The molecule has 0 radical (unpaired) electrons. The second kappa shape index (κ2) is 6.61. The van der Waals surface area contributed by atoms with E-state index >= 15 is 0 Å². The van der Waals surface area contributed by atoms with Crippen LogP contribution < -0.4 is 14.8 Å². The molecule has 9 heteroatoms. The van der Waals surface area contributed by atoms with Crippen molar-refractivity contribution >= 4 is 34.8 Å². The predicted molar refractivity (Wildman–Crippen MR) is 104 cm³/mol. The van der Waals surface area contributed by atoms with Gasteiger partial charge in [0.2, 0.25) is 5.95 Å². The van der Waals surface area contributed by atoms with Gasteiger partial charge < -0.3 is 19.8 Å². The van der Waals surface area contributed by atoms with Gasteiger partial charge in [-0.05, 0) is 30.3 Å². The average molecular weight is 397 g/mol. The molecule has 0 spiro atoms. The first-order valence-corrected chi connectivity index (χ1v) is 9.13. The topological polar surface area (TPSA) is 65.2 Å². The number of hydrogen-bond acceptors (Lipinski definition) is 6. The summed E-state index contributed by atoms with van der Waals surface area (Å²) in [6.45, 7) is 0. The summed E-state index contributed by atoms with van der Waals surface area (Å²) in [5, 5.41) is 3.07. The Labute approximate surface area is 162 Å². The molecule has 28 heavy (non-hydrogen) atoms. The van der Waals surface area contributed by atoms with Gasteiger partial charge in [-0.15, -0.1) is 0 Å². The number of hydrogen-bond donors (Lipinski definition) is 3. The number of fused-ring (bicyclic) bond motifs is 2. The van der Waals surface area contributed by atoms with Crippen molar-refractivity contribution in [1.29, 1.82) is 0 Å². The molecular formula is C19H13F2N5OS. The minimum atomic E-state index is -0.927. The molecule has 140 valence electrons. The van der Waals surface area contributed by atoms with Crippen LogP contribution in [0, 0.1) is 11.6 Å². The van der Waals surface area contributed by atoms with Crippen LogP contribution in [-0.2, 0) is 0 Å². The number of rotatable bonds is 4. The Balaban J connectivity index is 1.30. The number of aromatic nitrogens is 2. The Morgan fingerprint density at radius 2 is 1.93 bits per heavy atom. The van der Waals surface area contributed by atoms with E-state index in [4.69, 9.17) is 4.74 Å². The van der Waals surface area contributed by atoms with Crippen molar-refractivity contribution in [1.82, 2.24) is 19.0 Å². The summed E-state index contributed by atoms with van der Waals surface area (Å²) in [7, 11) is 0. The fourth-order valence-corrected chi connectivity index (χ4v) is 3.44. The van der Waals surface area contributed by atoms with Crippen LogP contribution in [0.1, 0.15) is 0 Å². The van der Waals surface area contributed by atoms with Gasteiger partial charge in [-0.1, -0.05) is 0 Å². The van der Waals surface area contributed by atoms with Crippen molar-refractivity contribution < 1.29 is 13.5 Å². The highest BCUT2D eigenvalue weighted by Gasteiger charge is 2.16. The zero-order chi connectivity index (χ0) is 19.1. The molecule has 2 aromatic carbocycles. The van der Waals surface area contributed by atoms with Crippen LogP contribution in [0.2, 0.25) is 0 Å². The number of ether oxygens (including phenoxy) is 1. The van der Waals surface area contributed by atoms with Gasteiger partial charge >= 0.3 is 0 Å². The van der Waals surface area contributed by atoms with E-state index in [-0.39, 0.29) is 0 Å². The van der Waals surface area contributed by atoms with Crippen LogP contribution in [0.3, 0.4) is 0 Å². The van der Waals surface area contributed by atoms with E-state index < -0.39 is 11.6 Å². The molecule has 0 atom stereocenters. The summed E-state index contributed by atoms with van der Waals surface area (Å²) in [6, 6.07) is 9.44. The molecule has 3 aromatic rings. The van der Waals surface area contributed by atoms with Gasteiger partial charge in [-0.2, -0.15) is 0 Å². The van der Waals surface area contributed by atoms with Gasteiger partial charge in [0.15, 0.2) is 11.6 Å². The molecule has 0 unspecified atom stereocenters. The SMILES string of the molecule is Fc1cc2nc(Nc3ccc(OC4=CC5=CNSN5C=C4)cc3)[nH]c2cc1F. The maximum Gasteiger partial charge on any atom is 0.205 e. The van der Waals surface area contributed by atoms with E-state index in [1.165, 1.54) is 12.1 Å². The van der Waals surface area contributed by atoms with Crippen LogP contribution >= 0.6 is 12.1 Å². The lowest BCUT2D eigenvalue weighted by molar-refractivity contribution is 0.439. The normalized spacial score (nSPS) is 15.1. The molecule has 2 aliphatic heterocycles. The van der Waals surface area contributed by atoms with Crippen LogP contribution in [0.5, 0.6) is 5.75 Å². The highest BCUT2D eigenvalue weighted by molar-refractivity contribution is 7.95. The van der Waals surface area contributed by atoms with Crippen LogP contribution in [-0.4, -0.2) is 14.3 Å². The van der Waals surface area contributed by atoms with Gasteiger partial charge in [0, 0.05) is 36.3 Å². The molecule has 0 aliphatic carbocycles. The van der Waals surface area contributed by atoms with Gasteiger partial charge in [-0.25, -0.2) is 13.8 Å². The molecule has 0 saturated carbocycles. The number of allylic oxidation sites excluding steroid dienone is 2. The molecule has 3 N–H and O–H groups in total. The fraction of sp³-hybridized carbons (Fsp3) is 0. The van der Waals surface area contributed by atoms with Crippen molar-refractivity contribution in [3.63, 3.8) is 0 Å². The highest BCUT2D eigenvalue weighted by atomic mass is 32.2. The fourth-order valence-electron chi connectivity index (χ4n) is 2.82. The third-order valence-electron chi connectivity index (χ3n) is 4.15. The summed E-state index contributed by atoms with van der Waals surface area (Å²) in [6.07, 6.45) is 7.65. The van der Waals surface area contributed by atoms with Crippen molar-refractivity contribution in [2.45, 2.75) is 0 Å². The van der Waals surface area contributed by atoms with Gasteiger partial charge in [0.1, 0.15) is 11.5 Å². The Hall–Kier alpha value is -3.46. The molecule has 2 aliphatic rings. The quantitative estimate of drug-likeness (QED) is 0.556. The Morgan fingerprint density at radius 3 is 2.79 bits per heavy atom. The van der Waals surface area contributed by atoms with E-state index in [0.717, 1.165) is 29.3 Å². The molecule has 0 saturated heterocycles. The lowest BCUT2D eigenvalue weighted by atomic mass is 10.3. The lowest BCUT2D eigenvalue weighted by Crippen LogP contribution is -2.08. The van der Waals surface area contributed by atoms with E-state index in [1.54, 1.807) is 0 Å². The Bertz CT molecular complexity index is 1110. The monoisotopic (exact) mass is 397 g/mol. The summed E-state index contributed by atoms with van der Waals surface area (Å²) >= 11 is 1.49. The summed E-state index contributed by atoms with van der Waals surface area (Å²) in [4.78, 5) is 7.13. The lowest BCUT2D eigenvalue weighted by Gasteiger charge is -2.17. The number of imidazole rings is 1. The molecule has 0 amide bonds. The zero-order valence-electron chi connectivity index (χ0n) is 14.2. The summed E-state index contributed by atoms with van der Waals surface area (Å²) < 4.78 is 37.6.